The highest BCUT2D eigenvalue weighted by Crippen LogP contribution is 2.30. The van der Waals surface area contributed by atoms with Crippen molar-refractivity contribution in [1.29, 1.82) is 0 Å². The molecule has 0 fully saturated rings. The summed E-state index contributed by atoms with van der Waals surface area (Å²) in [6.07, 6.45) is 0. The standard InChI is InChI=1S/C19H21N5O3S/c1-11-10-15(23(22-11)13-6-8-14(9-7-13)24(26)27)21-17(25)16-12(2)20-18(28-16)19(3,4)5/h6-10H,1-5H3,(H,21,25). The van der Waals surface area contributed by atoms with Crippen LogP contribution in [0.25, 0.3) is 5.69 Å². The number of thiazole rings is 1. The lowest BCUT2D eigenvalue weighted by Crippen LogP contribution is -2.15. The van der Waals surface area contributed by atoms with E-state index in [1.807, 2.05) is 13.8 Å². The Bertz CT molecular complexity index is 1040. The van der Waals surface area contributed by atoms with Crippen LogP contribution in [0.2, 0.25) is 0 Å². The molecule has 0 aliphatic carbocycles. The topological polar surface area (TPSA) is 103 Å². The Balaban J connectivity index is 1.91. The predicted molar refractivity (Wildman–Crippen MR) is 108 cm³/mol. The van der Waals surface area contributed by atoms with E-state index in [4.69, 9.17) is 0 Å². The third kappa shape index (κ3) is 3.94. The number of aryl methyl sites for hydroxylation is 2. The van der Waals surface area contributed by atoms with Crippen molar-refractivity contribution in [1.82, 2.24) is 14.8 Å². The number of carbonyl (C=O) groups excluding carboxylic acids is 1. The lowest BCUT2D eigenvalue weighted by molar-refractivity contribution is -0.384. The molecule has 0 aliphatic rings. The van der Waals surface area contributed by atoms with Crippen LogP contribution in [0.4, 0.5) is 11.5 Å². The number of rotatable bonds is 4. The van der Waals surface area contributed by atoms with E-state index in [-0.39, 0.29) is 17.0 Å². The third-order valence-corrected chi connectivity index (χ3v) is 5.60. The Morgan fingerprint density at radius 2 is 1.86 bits per heavy atom. The predicted octanol–water partition coefficient (Wildman–Crippen LogP) is 4.40. The van der Waals surface area contributed by atoms with Crippen molar-refractivity contribution in [2.24, 2.45) is 0 Å². The molecule has 28 heavy (non-hydrogen) atoms. The normalized spacial score (nSPS) is 11.5. The molecular weight excluding hydrogens is 378 g/mol. The van der Waals surface area contributed by atoms with Crippen LogP contribution in [0.5, 0.6) is 0 Å². The molecule has 0 spiro atoms. The first-order chi connectivity index (χ1) is 13.1. The average molecular weight is 399 g/mol. The van der Waals surface area contributed by atoms with Gasteiger partial charge in [-0.1, -0.05) is 20.8 Å². The summed E-state index contributed by atoms with van der Waals surface area (Å²) in [5.41, 5.74) is 1.87. The van der Waals surface area contributed by atoms with E-state index in [1.165, 1.54) is 23.5 Å². The van der Waals surface area contributed by atoms with Gasteiger partial charge in [-0.2, -0.15) is 5.10 Å². The van der Waals surface area contributed by atoms with Gasteiger partial charge in [-0.05, 0) is 26.0 Å². The first kappa shape index (κ1) is 19.7. The summed E-state index contributed by atoms with van der Waals surface area (Å²) in [6, 6.07) is 7.74. The molecule has 1 N–H and O–H groups in total. The summed E-state index contributed by atoms with van der Waals surface area (Å²) in [6.45, 7) is 9.80. The Kier molecular flexibility index (Phi) is 5.03. The van der Waals surface area contributed by atoms with Crippen molar-refractivity contribution in [3.8, 4) is 5.69 Å². The molecule has 0 atom stereocenters. The highest BCUT2D eigenvalue weighted by atomic mass is 32.1. The number of benzene rings is 1. The fourth-order valence-corrected chi connectivity index (χ4v) is 3.62. The molecule has 0 bridgehead atoms. The molecule has 0 unspecified atom stereocenters. The number of aromatic nitrogens is 3. The second-order valence-electron chi connectivity index (χ2n) is 7.49. The number of nitrogens with one attached hydrogen (secondary N) is 1. The fraction of sp³-hybridized carbons (Fsp3) is 0.316. The Labute approximate surface area is 166 Å². The average Bonchev–Trinajstić information content (AvgIpc) is 3.17. The summed E-state index contributed by atoms with van der Waals surface area (Å²) in [7, 11) is 0. The molecule has 3 aromatic rings. The number of carbonyl (C=O) groups is 1. The molecule has 0 saturated heterocycles. The van der Waals surface area contributed by atoms with E-state index in [9.17, 15) is 14.9 Å². The number of non-ortho nitro benzene ring substituents is 1. The van der Waals surface area contributed by atoms with E-state index in [0.717, 1.165) is 5.01 Å². The van der Waals surface area contributed by atoms with Gasteiger partial charge in [-0.25, -0.2) is 9.67 Å². The Morgan fingerprint density at radius 3 is 2.39 bits per heavy atom. The van der Waals surface area contributed by atoms with Crippen LogP contribution >= 0.6 is 11.3 Å². The van der Waals surface area contributed by atoms with E-state index < -0.39 is 4.92 Å². The molecule has 9 heteroatoms. The molecule has 1 aromatic carbocycles. The van der Waals surface area contributed by atoms with Crippen molar-refractivity contribution >= 4 is 28.7 Å². The number of nitrogens with zero attached hydrogens (tertiary/aromatic N) is 4. The minimum Gasteiger partial charge on any atom is -0.306 e. The van der Waals surface area contributed by atoms with Crippen molar-refractivity contribution < 1.29 is 9.72 Å². The number of nitro benzene ring substituents is 1. The highest BCUT2D eigenvalue weighted by molar-refractivity contribution is 7.14. The molecular formula is C19H21N5O3S. The van der Waals surface area contributed by atoms with Gasteiger partial charge in [0.25, 0.3) is 11.6 Å². The number of hydrogen-bond donors (Lipinski definition) is 1. The summed E-state index contributed by atoms with van der Waals surface area (Å²) >= 11 is 1.38. The Morgan fingerprint density at radius 1 is 1.21 bits per heavy atom. The van der Waals surface area contributed by atoms with Crippen molar-refractivity contribution in [3.63, 3.8) is 0 Å². The molecule has 0 radical (unpaired) electrons. The molecule has 0 aliphatic heterocycles. The van der Waals surface area contributed by atoms with Crippen LogP contribution in [0, 0.1) is 24.0 Å². The molecule has 2 heterocycles. The summed E-state index contributed by atoms with van der Waals surface area (Å²) in [5.74, 6) is 0.232. The van der Waals surface area contributed by atoms with Gasteiger partial charge in [0.15, 0.2) is 0 Å². The van der Waals surface area contributed by atoms with Crippen LogP contribution in [0.3, 0.4) is 0 Å². The van der Waals surface area contributed by atoms with Crippen molar-refractivity contribution in [3.05, 3.63) is 61.7 Å². The van der Waals surface area contributed by atoms with E-state index in [1.54, 1.807) is 22.9 Å². The lowest BCUT2D eigenvalue weighted by Gasteiger charge is -2.13. The maximum atomic E-state index is 12.8. The zero-order valence-electron chi connectivity index (χ0n) is 16.3. The highest BCUT2D eigenvalue weighted by Gasteiger charge is 2.24. The molecule has 8 nitrogen and oxygen atoms in total. The quantitative estimate of drug-likeness (QED) is 0.517. The van der Waals surface area contributed by atoms with E-state index in [2.05, 4.69) is 36.2 Å². The largest absolute Gasteiger partial charge is 0.306 e. The van der Waals surface area contributed by atoms with Gasteiger partial charge in [0, 0.05) is 23.6 Å². The van der Waals surface area contributed by atoms with Crippen molar-refractivity contribution in [2.45, 2.75) is 40.0 Å². The van der Waals surface area contributed by atoms with Gasteiger partial charge in [0.1, 0.15) is 10.7 Å². The SMILES string of the molecule is Cc1cc(NC(=O)c2sc(C(C)(C)C)nc2C)n(-c2ccc([N+](=O)[O-])cc2)n1. The van der Waals surface area contributed by atoms with Crippen LogP contribution in [0.1, 0.15) is 46.8 Å². The molecule has 1 amide bonds. The van der Waals surface area contributed by atoms with Crippen LogP contribution in [-0.2, 0) is 5.41 Å². The maximum absolute atomic E-state index is 12.8. The first-order valence-electron chi connectivity index (χ1n) is 8.67. The second kappa shape index (κ2) is 7.16. The van der Waals surface area contributed by atoms with E-state index in [0.29, 0.717) is 27.8 Å². The number of nitro groups is 1. The van der Waals surface area contributed by atoms with Gasteiger partial charge in [0.05, 0.1) is 27.0 Å². The Hall–Kier alpha value is -3.07. The zero-order valence-corrected chi connectivity index (χ0v) is 17.1. The summed E-state index contributed by atoms with van der Waals surface area (Å²) < 4.78 is 1.55. The monoisotopic (exact) mass is 399 g/mol. The third-order valence-electron chi connectivity index (χ3n) is 4.02. The number of amides is 1. The zero-order chi connectivity index (χ0) is 20.6. The summed E-state index contributed by atoms with van der Waals surface area (Å²) in [4.78, 5) is 28.3. The minimum absolute atomic E-state index is 0.00629. The maximum Gasteiger partial charge on any atom is 0.269 e. The van der Waals surface area contributed by atoms with Gasteiger partial charge in [-0.15, -0.1) is 11.3 Å². The van der Waals surface area contributed by atoms with E-state index >= 15 is 0 Å². The van der Waals surface area contributed by atoms with Gasteiger partial charge < -0.3 is 5.32 Å². The molecule has 146 valence electrons. The fourth-order valence-electron chi connectivity index (χ4n) is 2.60. The van der Waals surface area contributed by atoms with Crippen LogP contribution < -0.4 is 5.32 Å². The van der Waals surface area contributed by atoms with Crippen LogP contribution in [-0.4, -0.2) is 25.6 Å². The smallest absolute Gasteiger partial charge is 0.269 e. The summed E-state index contributed by atoms with van der Waals surface area (Å²) in [5, 5.41) is 19.0. The van der Waals surface area contributed by atoms with Crippen molar-refractivity contribution in [2.75, 3.05) is 5.32 Å². The second-order valence-corrected chi connectivity index (χ2v) is 8.49. The first-order valence-corrected chi connectivity index (χ1v) is 9.48. The number of anilines is 1. The number of hydrogen-bond acceptors (Lipinski definition) is 6. The molecule has 0 saturated carbocycles. The molecule has 2 aromatic heterocycles. The van der Waals surface area contributed by atoms with Gasteiger partial charge in [-0.3, -0.25) is 14.9 Å². The van der Waals surface area contributed by atoms with Crippen LogP contribution in [0.15, 0.2) is 30.3 Å². The van der Waals surface area contributed by atoms with Gasteiger partial charge in [0.2, 0.25) is 0 Å². The van der Waals surface area contributed by atoms with Gasteiger partial charge >= 0.3 is 0 Å². The minimum atomic E-state index is -0.458. The molecule has 3 rings (SSSR count). The lowest BCUT2D eigenvalue weighted by atomic mass is 9.98.